The van der Waals surface area contributed by atoms with Crippen molar-refractivity contribution in [2.24, 2.45) is 5.41 Å². The Bertz CT molecular complexity index is 614. The van der Waals surface area contributed by atoms with Crippen LogP contribution in [0.15, 0.2) is 0 Å². The van der Waals surface area contributed by atoms with Gasteiger partial charge < -0.3 is 14.8 Å². The van der Waals surface area contributed by atoms with E-state index in [1.54, 1.807) is 0 Å². The third-order valence-corrected chi connectivity index (χ3v) is 6.88. The van der Waals surface area contributed by atoms with Gasteiger partial charge in [-0.3, -0.25) is 9.58 Å². The quantitative estimate of drug-likeness (QED) is 0.827. The number of ether oxygens (including phenoxy) is 2. The summed E-state index contributed by atoms with van der Waals surface area (Å²) in [6.07, 6.45) is 7.75. The number of hydrogen-bond donors (Lipinski definition) is 1. The topological polar surface area (TPSA) is 51.6 Å². The van der Waals surface area contributed by atoms with Gasteiger partial charge in [-0.2, -0.15) is 5.10 Å². The average Bonchev–Trinajstić information content (AvgIpc) is 3.05. The van der Waals surface area contributed by atoms with Gasteiger partial charge in [0.05, 0.1) is 37.8 Å². The molecule has 3 aliphatic rings. The van der Waals surface area contributed by atoms with Gasteiger partial charge in [0.15, 0.2) is 0 Å². The van der Waals surface area contributed by atoms with Crippen LogP contribution in [-0.4, -0.2) is 61.7 Å². The molecule has 0 unspecified atom stereocenters. The minimum Gasteiger partial charge on any atom is -0.381 e. The second-order valence-electron chi connectivity index (χ2n) is 8.85. The first-order valence-corrected chi connectivity index (χ1v) is 10.8. The molecular formula is C21H36N4O2. The van der Waals surface area contributed by atoms with E-state index in [0.717, 1.165) is 52.6 Å². The molecule has 1 N–H and O–H groups in total. The van der Waals surface area contributed by atoms with Crippen LogP contribution in [0.1, 0.15) is 61.4 Å². The summed E-state index contributed by atoms with van der Waals surface area (Å²) in [5.74, 6) is 0.635. The van der Waals surface area contributed by atoms with Crippen LogP contribution in [0.3, 0.4) is 0 Å². The van der Waals surface area contributed by atoms with E-state index in [-0.39, 0.29) is 0 Å². The SMILES string of the molecule is CNCCN(C)Cc1nn2c(c1[C@H]1CC[C@]3(CCCOC3)CC1)COCC2. The predicted octanol–water partition coefficient (Wildman–Crippen LogP) is 2.52. The molecule has 4 rings (SSSR count). The normalized spacial score (nSPS) is 28.6. The van der Waals surface area contributed by atoms with Crippen molar-refractivity contribution in [1.29, 1.82) is 0 Å². The number of hydrogen-bond acceptors (Lipinski definition) is 5. The molecule has 1 saturated carbocycles. The number of nitrogens with zero attached hydrogens (tertiary/aromatic N) is 3. The summed E-state index contributed by atoms with van der Waals surface area (Å²) in [5.41, 5.74) is 4.61. The fraction of sp³-hybridized carbons (Fsp3) is 0.857. The second kappa shape index (κ2) is 8.60. The van der Waals surface area contributed by atoms with Gasteiger partial charge in [-0.15, -0.1) is 0 Å². The zero-order valence-electron chi connectivity index (χ0n) is 17.1. The molecule has 2 aliphatic heterocycles. The van der Waals surface area contributed by atoms with Crippen LogP contribution < -0.4 is 5.32 Å². The first-order valence-electron chi connectivity index (χ1n) is 10.8. The Morgan fingerprint density at radius 1 is 1.22 bits per heavy atom. The number of likely N-dealkylation sites (N-methyl/N-ethyl adjacent to an activating group) is 2. The Kier molecular flexibility index (Phi) is 6.17. The van der Waals surface area contributed by atoms with E-state index in [4.69, 9.17) is 14.6 Å². The molecule has 6 nitrogen and oxygen atoms in total. The molecule has 1 spiro atoms. The zero-order valence-corrected chi connectivity index (χ0v) is 17.1. The minimum atomic E-state index is 0.461. The maximum atomic E-state index is 5.84. The van der Waals surface area contributed by atoms with Gasteiger partial charge in [-0.05, 0) is 64.0 Å². The Hall–Kier alpha value is -0.950. The third kappa shape index (κ3) is 4.24. The lowest BCUT2D eigenvalue weighted by molar-refractivity contribution is -0.0310. The standard InChI is InChI=1S/C21H36N4O2/c1-22-9-10-24(2)14-18-20(19-15-26-13-11-25(19)23-18)17-4-7-21(8-5-17)6-3-12-27-16-21/h17,22H,3-16H2,1-2H3/t17-,21+. The number of nitrogens with one attached hydrogen (secondary N) is 1. The maximum absolute atomic E-state index is 5.84. The van der Waals surface area contributed by atoms with Crippen LogP contribution in [0.4, 0.5) is 0 Å². The van der Waals surface area contributed by atoms with Gasteiger partial charge in [0.1, 0.15) is 0 Å². The monoisotopic (exact) mass is 376 g/mol. The molecule has 152 valence electrons. The molecular weight excluding hydrogens is 340 g/mol. The Morgan fingerprint density at radius 3 is 2.81 bits per heavy atom. The molecule has 0 bridgehead atoms. The van der Waals surface area contributed by atoms with Crippen molar-refractivity contribution < 1.29 is 9.47 Å². The number of rotatable bonds is 6. The van der Waals surface area contributed by atoms with Crippen LogP contribution in [0, 0.1) is 5.41 Å². The van der Waals surface area contributed by atoms with Crippen molar-refractivity contribution in [2.45, 2.75) is 64.1 Å². The lowest BCUT2D eigenvalue weighted by Gasteiger charge is -2.43. The van der Waals surface area contributed by atoms with Gasteiger partial charge >= 0.3 is 0 Å². The highest BCUT2D eigenvalue weighted by atomic mass is 16.5. The summed E-state index contributed by atoms with van der Waals surface area (Å²) in [5, 5.41) is 8.27. The Morgan fingerprint density at radius 2 is 2.07 bits per heavy atom. The lowest BCUT2D eigenvalue weighted by Crippen LogP contribution is -2.35. The van der Waals surface area contributed by atoms with Crippen molar-refractivity contribution >= 4 is 0 Å². The van der Waals surface area contributed by atoms with Crippen molar-refractivity contribution in [3.63, 3.8) is 0 Å². The molecule has 1 aliphatic carbocycles. The molecule has 0 amide bonds. The molecule has 27 heavy (non-hydrogen) atoms. The molecule has 2 fully saturated rings. The van der Waals surface area contributed by atoms with Crippen LogP contribution in [0.5, 0.6) is 0 Å². The fourth-order valence-electron chi connectivity index (χ4n) is 5.27. The maximum Gasteiger partial charge on any atom is 0.0888 e. The van der Waals surface area contributed by atoms with E-state index >= 15 is 0 Å². The van der Waals surface area contributed by atoms with Crippen molar-refractivity contribution in [1.82, 2.24) is 20.0 Å². The van der Waals surface area contributed by atoms with Gasteiger partial charge in [-0.1, -0.05) is 0 Å². The summed E-state index contributed by atoms with van der Waals surface area (Å²) in [7, 11) is 4.21. The first kappa shape index (κ1) is 19.4. The van der Waals surface area contributed by atoms with Crippen molar-refractivity contribution in [2.75, 3.05) is 47.0 Å². The molecule has 1 saturated heterocycles. The largest absolute Gasteiger partial charge is 0.381 e. The van der Waals surface area contributed by atoms with Crippen LogP contribution in [-0.2, 0) is 29.2 Å². The van der Waals surface area contributed by atoms with E-state index < -0.39 is 0 Å². The molecule has 6 heteroatoms. The summed E-state index contributed by atoms with van der Waals surface area (Å²) in [6.45, 7) is 7.34. The molecule has 1 aromatic rings. The highest BCUT2D eigenvalue weighted by Gasteiger charge is 2.39. The van der Waals surface area contributed by atoms with Crippen LogP contribution >= 0.6 is 0 Å². The van der Waals surface area contributed by atoms with Crippen molar-refractivity contribution in [3.8, 4) is 0 Å². The summed E-state index contributed by atoms with van der Waals surface area (Å²) in [4.78, 5) is 2.38. The molecule has 0 atom stereocenters. The van der Waals surface area contributed by atoms with Gasteiger partial charge in [-0.25, -0.2) is 0 Å². The predicted molar refractivity (Wildman–Crippen MR) is 106 cm³/mol. The second-order valence-corrected chi connectivity index (χ2v) is 8.85. The van der Waals surface area contributed by atoms with E-state index in [2.05, 4.69) is 21.9 Å². The van der Waals surface area contributed by atoms with Gasteiger partial charge in [0.25, 0.3) is 0 Å². The Balaban J connectivity index is 1.51. The van der Waals surface area contributed by atoms with Gasteiger partial charge in [0, 0.05) is 31.8 Å². The highest BCUT2D eigenvalue weighted by molar-refractivity contribution is 5.31. The lowest BCUT2D eigenvalue weighted by atomic mass is 9.66. The van der Waals surface area contributed by atoms with Crippen molar-refractivity contribution in [3.05, 3.63) is 17.0 Å². The number of fused-ring (bicyclic) bond motifs is 1. The zero-order chi connectivity index (χ0) is 18.7. The summed E-state index contributed by atoms with van der Waals surface area (Å²) >= 11 is 0. The molecule has 0 radical (unpaired) electrons. The van der Waals surface area contributed by atoms with Crippen LogP contribution in [0.2, 0.25) is 0 Å². The van der Waals surface area contributed by atoms with Crippen LogP contribution in [0.25, 0.3) is 0 Å². The third-order valence-electron chi connectivity index (χ3n) is 6.88. The van der Waals surface area contributed by atoms with E-state index in [1.807, 2.05) is 7.05 Å². The van der Waals surface area contributed by atoms with Gasteiger partial charge in [0.2, 0.25) is 0 Å². The Labute approximate surface area is 163 Å². The smallest absolute Gasteiger partial charge is 0.0888 e. The molecule has 1 aromatic heterocycles. The minimum absolute atomic E-state index is 0.461. The van der Waals surface area contributed by atoms with E-state index in [0.29, 0.717) is 11.3 Å². The summed E-state index contributed by atoms with van der Waals surface area (Å²) in [6, 6.07) is 0. The van der Waals surface area contributed by atoms with E-state index in [9.17, 15) is 0 Å². The molecule has 0 aromatic carbocycles. The number of aromatic nitrogens is 2. The summed E-state index contributed by atoms with van der Waals surface area (Å²) < 4.78 is 13.9. The average molecular weight is 377 g/mol. The van der Waals surface area contributed by atoms with E-state index in [1.165, 1.54) is 55.5 Å². The highest BCUT2D eigenvalue weighted by Crippen LogP contribution is 2.48. The first-order chi connectivity index (χ1) is 13.2. The fourth-order valence-corrected chi connectivity index (χ4v) is 5.27. The molecule has 3 heterocycles.